The summed E-state index contributed by atoms with van der Waals surface area (Å²) in [5.41, 5.74) is 6.80. The van der Waals surface area contributed by atoms with Crippen molar-refractivity contribution in [1.29, 1.82) is 0 Å². The number of aromatic amines is 1. The fraction of sp³-hybridized carbons (Fsp3) is 0.385. The summed E-state index contributed by atoms with van der Waals surface area (Å²) in [6.07, 6.45) is 4.04. The molecule has 2 aromatic rings. The third-order valence-corrected chi connectivity index (χ3v) is 4.06. The Morgan fingerprint density at radius 2 is 2.11 bits per heavy atom. The number of aromatic nitrogens is 3. The molecule has 2 aromatic heterocycles. The molecule has 1 fully saturated rings. The van der Waals surface area contributed by atoms with E-state index >= 15 is 0 Å². The summed E-state index contributed by atoms with van der Waals surface area (Å²) in [6, 6.07) is 6.03. The van der Waals surface area contributed by atoms with E-state index in [9.17, 15) is 0 Å². The lowest BCUT2D eigenvalue weighted by Gasteiger charge is -2.32. The lowest BCUT2D eigenvalue weighted by molar-refractivity contribution is 0.493. The normalized spacial score (nSPS) is 16.8. The topological polar surface area (TPSA) is 70.8 Å². The van der Waals surface area contributed by atoms with Crippen molar-refractivity contribution in [1.82, 2.24) is 15.2 Å². The zero-order valence-electron chi connectivity index (χ0n) is 10.5. The largest absolute Gasteiger partial charge is 0.382 e. The maximum Gasteiger partial charge on any atom is 0.145 e. The second-order valence-electron chi connectivity index (χ2n) is 4.84. The molecule has 0 aliphatic carbocycles. The van der Waals surface area contributed by atoms with Crippen LogP contribution in [0.25, 0.3) is 0 Å². The van der Waals surface area contributed by atoms with Gasteiger partial charge in [0, 0.05) is 41.4 Å². The molecule has 3 N–H and O–H groups in total. The predicted octanol–water partition coefficient (Wildman–Crippen LogP) is 2.53. The van der Waals surface area contributed by atoms with Gasteiger partial charge in [-0.3, -0.25) is 5.10 Å². The average molecular weight is 322 g/mol. The van der Waals surface area contributed by atoms with Gasteiger partial charge in [0.05, 0.1) is 0 Å². The number of nitrogens with two attached hydrogens (primary N) is 1. The number of nitrogens with zero attached hydrogens (tertiary/aromatic N) is 3. The van der Waals surface area contributed by atoms with Crippen molar-refractivity contribution in [2.24, 2.45) is 0 Å². The van der Waals surface area contributed by atoms with Crippen LogP contribution >= 0.6 is 15.9 Å². The zero-order valence-corrected chi connectivity index (χ0v) is 12.1. The Hall–Kier alpha value is -1.56. The number of nitrogens with one attached hydrogen (secondary N) is 1. The zero-order chi connectivity index (χ0) is 13.2. The maximum absolute atomic E-state index is 5.65. The van der Waals surface area contributed by atoms with Gasteiger partial charge in [-0.2, -0.15) is 5.10 Å². The summed E-state index contributed by atoms with van der Waals surface area (Å²) in [7, 11) is 0. The fourth-order valence-electron chi connectivity index (χ4n) is 2.54. The van der Waals surface area contributed by atoms with Crippen molar-refractivity contribution >= 4 is 27.6 Å². The molecule has 0 bridgehead atoms. The number of rotatable bonds is 2. The molecule has 0 saturated carbocycles. The van der Waals surface area contributed by atoms with Crippen molar-refractivity contribution in [3.05, 3.63) is 34.6 Å². The molecule has 6 heteroatoms. The lowest BCUT2D eigenvalue weighted by Crippen LogP contribution is -2.33. The lowest BCUT2D eigenvalue weighted by atomic mass is 9.93. The van der Waals surface area contributed by atoms with E-state index in [4.69, 9.17) is 5.73 Å². The van der Waals surface area contributed by atoms with Crippen molar-refractivity contribution in [3.63, 3.8) is 0 Å². The highest BCUT2D eigenvalue weighted by molar-refractivity contribution is 9.10. The molecule has 1 saturated heterocycles. The number of H-pyrrole nitrogens is 1. The SMILES string of the molecule is Nc1cc(C2CCN(c3ccc(Br)cn3)CC2)[nH]n1. The number of piperidine rings is 1. The number of halogens is 1. The molecule has 0 spiro atoms. The number of hydrogen-bond donors (Lipinski definition) is 2. The van der Waals surface area contributed by atoms with Gasteiger partial charge in [0.25, 0.3) is 0 Å². The number of hydrogen-bond acceptors (Lipinski definition) is 4. The molecule has 0 radical (unpaired) electrons. The second-order valence-corrected chi connectivity index (χ2v) is 5.76. The average Bonchev–Trinajstić information content (AvgIpc) is 2.87. The van der Waals surface area contributed by atoms with E-state index in [1.54, 1.807) is 0 Å². The highest BCUT2D eigenvalue weighted by Crippen LogP contribution is 2.29. The van der Waals surface area contributed by atoms with Gasteiger partial charge in [0.2, 0.25) is 0 Å². The first-order chi connectivity index (χ1) is 9.22. The van der Waals surface area contributed by atoms with Crippen molar-refractivity contribution < 1.29 is 0 Å². The molecule has 100 valence electrons. The Morgan fingerprint density at radius 3 is 2.68 bits per heavy atom. The molecule has 0 unspecified atom stereocenters. The van der Waals surface area contributed by atoms with Crippen molar-refractivity contribution in [2.75, 3.05) is 23.7 Å². The van der Waals surface area contributed by atoms with Crippen LogP contribution in [-0.2, 0) is 0 Å². The van der Waals surface area contributed by atoms with Gasteiger partial charge >= 0.3 is 0 Å². The summed E-state index contributed by atoms with van der Waals surface area (Å²) >= 11 is 3.41. The van der Waals surface area contributed by atoms with E-state index in [1.807, 2.05) is 18.3 Å². The molecule has 3 rings (SSSR count). The second kappa shape index (κ2) is 5.21. The third-order valence-electron chi connectivity index (χ3n) is 3.59. The smallest absolute Gasteiger partial charge is 0.145 e. The molecule has 0 amide bonds. The van der Waals surface area contributed by atoms with Gasteiger partial charge in [-0.25, -0.2) is 4.98 Å². The summed E-state index contributed by atoms with van der Waals surface area (Å²) in [4.78, 5) is 6.76. The first-order valence-corrected chi connectivity index (χ1v) is 7.19. The van der Waals surface area contributed by atoms with E-state index in [0.29, 0.717) is 11.7 Å². The van der Waals surface area contributed by atoms with Crippen molar-refractivity contribution in [3.8, 4) is 0 Å². The molecular weight excluding hydrogens is 306 g/mol. The molecular formula is C13H16BrN5. The molecule has 0 atom stereocenters. The number of pyridine rings is 1. The minimum absolute atomic E-state index is 0.525. The Balaban J connectivity index is 1.64. The van der Waals surface area contributed by atoms with Crippen LogP contribution in [0.2, 0.25) is 0 Å². The van der Waals surface area contributed by atoms with Gasteiger partial charge in [-0.1, -0.05) is 0 Å². The quantitative estimate of drug-likeness (QED) is 0.891. The van der Waals surface area contributed by atoms with Crippen molar-refractivity contribution in [2.45, 2.75) is 18.8 Å². The highest BCUT2D eigenvalue weighted by Gasteiger charge is 2.22. The predicted molar refractivity (Wildman–Crippen MR) is 79.1 cm³/mol. The van der Waals surface area contributed by atoms with Gasteiger partial charge in [0.15, 0.2) is 0 Å². The monoisotopic (exact) mass is 321 g/mol. The third kappa shape index (κ3) is 2.73. The van der Waals surface area contributed by atoms with Gasteiger partial charge in [-0.05, 0) is 40.9 Å². The minimum Gasteiger partial charge on any atom is -0.382 e. The first-order valence-electron chi connectivity index (χ1n) is 6.39. The first kappa shape index (κ1) is 12.5. The summed E-state index contributed by atoms with van der Waals surface area (Å²) in [5.74, 6) is 2.15. The van der Waals surface area contributed by atoms with Crippen LogP contribution in [0.5, 0.6) is 0 Å². The molecule has 3 heterocycles. The van der Waals surface area contributed by atoms with Crippen LogP contribution in [0.3, 0.4) is 0 Å². The van der Waals surface area contributed by atoms with E-state index in [2.05, 4.69) is 42.1 Å². The molecule has 1 aliphatic heterocycles. The summed E-state index contributed by atoms with van der Waals surface area (Å²) in [6.45, 7) is 2.02. The molecule has 19 heavy (non-hydrogen) atoms. The minimum atomic E-state index is 0.525. The van der Waals surface area contributed by atoms with Crippen LogP contribution in [0, 0.1) is 0 Å². The van der Waals surface area contributed by atoms with Crippen LogP contribution in [0.1, 0.15) is 24.5 Å². The standard InChI is InChI=1S/C13H16BrN5/c14-10-1-2-13(16-8-10)19-5-3-9(4-6-19)11-7-12(15)18-17-11/h1-2,7-9H,3-6H2,(H3,15,17,18). The maximum atomic E-state index is 5.65. The molecule has 0 aromatic carbocycles. The summed E-state index contributed by atoms with van der Waals surface area (Å²) in [5, 5.41) is 7.02. The number of nitrogen functional groups attached to an aromatic ring is 1. The van der Waals surface area contributed by atoms with Crippen LogP contribution in [0.15, 0.2) is 28.9 Å². The van der Waals surface area contributed by atoms with Crippen LogP contribution in [0.4, 0.5) is 11.6 Å². The van der Waals surface area contributed by atoms with Crippen LogP contribution in [-0.4, -0.2) is 28.3 Å². The van der Waals surface area contributed by atoms with E-state index < -0.39 is 0 Å². The van der Waals surface area contributed by atoms with E-state index in [1.165, 1.54) is 0 Å². The number of anilines is 2. The Bertz CT molecular complexity index is 542. The highest BCUT2D eigenvalue weighted by atomic mass is 79.9. The molecule has 1 aliphatic rings. The fourth-order valence-corrected chi connectivity index (χ4v) is 2.77. The van der Waals surface area contributed by atoms with Gasteiger partial charge in [-0.15, -0.1) is 0 Å². The van der Waals surface area contributed by atoms with Gasteiger partial charge < -0.3 is 10.6 Å². The van der Waals surface area contributed by atoms with Gasteiger partial charge in [0.1, 0.15) is 11.6 Å². The van der Waals surface area contributed by atoms with Crippen LogP contribution < -0.4 is 10.6 Å². The van der Waals surface area contributed by atoms with E-state index in [0.717, 1.165) is 41.9 Å². The Labute approximate surface area is 120 Å². The molecule has 5 nitrogen and oxygen atoms in total. The summed E-state index contributed by atoms with van der Waals surface area (Å²) < 4.78 is 1.01. The Morgan fingerprint density at radius 1 is 1.32 bits per heavy atom. The Kier molecular flexibility index (Phi) is 3.42. The van der Waals surface area contributed by atoms with E-state index in [-0.39, 0.29) is 0 Å².